The predicted octanol–water partition coefficient (Wildman–Crippen LogP) is 9.70. The normalized spacial score (nSPS) is 11.0. The van der Waals surface area contributed by atoms with Gasteiger partial charge in [0.2, 0.25) is 0 Å². The number of anilines is 1. The van der Waals surface area contributed by atoms with Gasteiger partial charge in [-0.3, -0.25) is 0 Å². The van der Waals surface area contributed by atoms with Crippen molar-refractivity contribution in [3.8, 4) is 22.6 Å². The fourth-order valence-electron chi connectivity index (χ4n) is 4.55. The Morgan fingerprint density at radius 3 is 1.57 bits per heavy atom. The predicted molar refractivity (Wildman–Crippen MR) is 152 cm³/mol. The zero-order chi connectivity index (χ0) is 24.4. The van der Waals surface area contributed by atoms with Crippen molar-refractivity contribution in [1.82, 2.24) is 9.97 Å². The zero-order valence-corrected chi connectivity index (χ0v) is 21.9. The van der Waals surface area contributed by atoms with Gasteiger partial charge >= 0.3 is 0 Å². The van der Waals surface area contributed by atoms with E-state index in [0.717, 1.165) is 35.0 Å². The molecule has 3 nitrogen and oxygen atoms in total. The first-order valence-corrected chi connectivity index (χ1v) is 14.1. The van der Waals surface area contributed by atoms with Crippen LogP contribution >= 0.6 is 0 Å². The van der Waals surface area contributed by atoms with E-state index in [9.17, 15) is 0 Å². The van der Waals surface area contributed by atoms with Crippen molar-refractivity contribution in [2.45, 2.75) is 96.8 Å². The third-order valence-electron chi connectivity index (χ3n) is 6.66. The molecule has 3 rings (SSSR count). The van der Waals surface area contributed by atoms with Crippen molar-refractivity contribution < 1.29 is 0 Å². The molecule has 1 heterocycles. The van der Waals surface area contributed by atoms with Crippen LogP contribution in [0.5, 0.6) is 0 Å². The second-order valence-electron chi connectivity index (χ2n) is 9.72. The molecule has 1 aromatic heterocycles. The summed E-state index contributed by atoms with van der Waals surface area (Å²) in [6.07, 6.45) is 19.4. The van der Waals surface area contributed by atoms with Crippen LogP contribution in [0.3, 0.4) is 0 Å². The second kappa shape index (κ2) is 16.9. The van der Waals surface area contributed by atoms with E-state index in [2.05, 4.69) is 54.7 Å². The van der Waals surface area contributed by atoms with E-state index in [1.165, 1.54) is 89.9 Å². The summed E-state index contributed by atoms with van der Waals surface area (Å²) in [4.78, 5) is 9.65. The van der Waals surface area contributed by atoms with Gasteiger partial charge in [0, 0.05) is 23.7 Å². The number of rotatable bonds is 18. The van der Waals surface area contributed by atoms with Crippen LogP contribution in [0, 0.1) is 0 Å². The topological polar surface area (TPSA) is 37.8 Å². The van der Waals surface area contributed by atoms with E-state index in [1.54, 1.807) is 0 Å². The molecule has 0 aliphatic rings. The van der Waals surface area contributed by atoms with Crippen LogP contribution in [0.25, 0.3) is 22.6 Å². The molecule has 35 heavy (non-hydrogen) atoms. The summed E-state index contributed by atoms with van der Waals surface area (Å²) in [5, 5.41) is 3.56. The highest BCUT2D eigenvalue weighted by Gasteiger charge is 2.08. The fraction of sp³-hybridized carbons (Fsp3) is 0.500. The molecule has 0 atom stereocenters. The van der Waals surface area contributed by atoms with Gasteiger partial charge in [-0.05, 0) is 6.42 Å². The SMILES string of the molecule is CCCCCCCCCCCCCCCCNc1cc(-c2ccccc2)nc(-c2ccccc2)n1. The third-order valence-corrected chi connectivity index (χ3v) is 6.66. The third kappa shape index (κ3) is 10.6. The molecule has 0 bridgehead atoms. The molecule has 0 radical (unpaired) electrons. The Balaban J connectivity index is 1.34. The number of nitrogens with one attached hydrogen (secondary N) is 1. The molecule has 0 spiro atoms. The first kappa shape index (κ1) is 26.9. The van der Waals surface area contributed by atoms with Crippen LogP contribution in [-0.4, -0.2) is 16.5 Å². The number of hydrogen-bond acceptors (Lipinski definition) is 3. The minimum absolute atomic E-state index is 0.774. The van der Waals surface area contributed by atoms with Crippen LogP contribution in [0.1, 0.15) is 96.8 Å². The molecule has 0 fully saturated rings. The summed E-state index contributed by atoms with van der Waals surface area (Å²) in [6.45, 7) is 3.25. The molecule has 3 heteroatoms. The summed E-state index contributed by atoms with van der Waals surface area (Å²) >= 11 is 0. The van der Waals surface area contributed by atoms with Gasteiger partial charge in [0.15, 0.2) is 5.82 Å². The van der Waals surface area contributed by atoms with Crippen LogP contribution in [0.2, 0.25) is 0 Å². The molecule has 0 amide bonds. The number of benzene rings is 2. The molecule has 0 saturated carbocycles. The van der Waals surface area contributed by atoms with Gasteiger partial charge in [0.05, 0.1) is 5.69 Å². The Bertz CT molecular complexity index is 866. The molecule has 188 valence electrons. The minimum atomic E-state index is 0.774. The van der Waals surface area contributed by atoms with Crippen molar-refractivity contribution >= 4 is 5.82 Å². The van der Waals surface area contributed by atoms with E-state index in [0.29, 0.717) is 0 Å². The number of unbranched alkanes of at least 4 members (excludes halogenated alkanes) is 13. The quantitative estimate of drug-likeness (QED) is 0.188. The van der Waals surface area contributed by atoms with E-state index in [1.807, 2.05) is 24.3 Å². The first-order valence-electron chi connectivity index (χ1n) is 14.1. The monoisotopic (exact) mass is 471 g/mol. The highest BCUT2D eigenvalue weighted by atomic mass is 15.0. The summed E-state index contributed by atoms with van der Waals surface area (Å²) in [7, 11) is 0. The average molecular weight is 472 g/mol. The van der Waals surface area contributed by atoms with Crippen molar-refractivity contribution in [2.24, 2.45) is 0 Å². The fourth-order valence-corrected chi connectivity index (χ4v) is 4.55. The number of hydrogen-bond donors (Lipinski definition) is 1. The van der Waals surface area contributed by atoms with Gasteiger partial charge in [0.25, 0.3) is 0 Å². The van der Waals surface area contributed by atoms with E-state index < -0.39 is 0 Å². The molecule has 0 aliphatic heterocycles. The van der Waals surface area contributed by atoms with E-state index in [4.69, 9.17) is 9.97 Å². The number of nitrogens with zero attached hydrogens (tertiary/aromatic N) is 2. The zero-order valence-electron chi connectivity index (χ0n) is 21.9. The lowest BCUT2D eigenvalue weighted by atomic mass is 10.0. The Morgan fingerprint density at radius 1 is 0.543 bits per heavy atom. The van der Waals surface area contributed by atoms with Crippen LogP contribution < -0.4 is 5.32 Å². The van der Waals surface area contributed by atoms with E-state index >= 15 is 0 Å². The maximum absolute atomic E-state index is 4.84. The van der Waals surface area contributed by atoms with Gasteiger partial charge in [-0.1, -0.05) is 151 Å². The average Bonchev–Trinajstić information content (AvgIpc) is 2.91. The highest BCUT2D eigenvalue weighted by molar-refractivity contribution is 5.67. The molecular weight excluding hydrogens is 426 g/mol. The standard InChI is InChI=1S/C32H45N3/c1-2-3-4-5-6-7-8-9-10-11-12-13-14-21-26-33-31-27-30(28-22-17-15-18-23-28)34-32(35-31)29-24-19-16-20-25-29/h15-20,22-25,27H,2-14,21,26H2,1H3,(H,33,34,35). The van der Waals surface area contributed by atoms with Gasteiger partial charge in [-0.25, -0.2) is 9.97 Å². The summed E-state index contributed by atoms with van der Waals surface area (Å²) < 4.78 is 0. The van der Waals surface area contributed by atoms with Crippen molar-refractivity contribution in [3.05, 3.63) is 66.7 Å². The van der Waals surface area contributed by atoms with Crippen molar-refractivity contribution in [2.75, 3.05) is 11.9 Å². The van der Waals surface area contributed by atoms with Gasteiger partial charge in [-0.15, -0.1) is 0 Å². The lowest BCUT2D eigenvalue weighted by Crippen LogP contribution is -2.05. The molecule has 0 saturated heterocycles. The van der Waals surface area contributed by atoms with Gasteiger partial charge in [0.1, 0.15) is 5.82 Å². The first-order chi connectivity index (χ1) is 17.4. The van der Waals surface area contributed by atoms with Crippen LogP contribution in [0.15, 0.2) is 66.7 Å². The minimum Gasteiger partial charge on any atom is -0.370 e. The Morgan fingerprint density at radius 2 is 1.03 bits per heavy atom. The second-order valence-corrected chi connectivity index (χ2v) is 9.72. The molecule has 1 N–H and O–H groups in total. The maximum atomic E-state index is 4.84. The smallest absolute Gasteiger partial charge is 0.162 e. The van der Waals surface area contributed by atoms with Crippen molar-refractivity contribution in [1.29, 1.82) is 0 Å². The van der Waals surface area contributed by atoms with Crippen LogP contribution in [-0.2, 0) is 0 Å². The maximum Gasteiger partial charge on any atom is 0.162 e. The Hall–Kier alpha value is -2.68. The van der Waals surface area contributed by atoms with Gasteiger partial charge in [-0.2, -0.15) is 0 Å². The molecule has 0 aliphatic carbocycles. The molecular formula is C32H45N3. The molecule has 0 unspecified atom stereocenters. The Kier molecular flexibility index (Phi) is 13.0. The summed E-state index contributed by atoms with van der Waals surface area (Å²) in [5.41, 5.74) is 3.12. The largest absolute Gasteiger partial charge is 0.370 e. The van der Waals surface area contributed by atoms with E-state index in [-0.39, 0.29) is 0 Å². The molecule has 2 aromatic carbocycles. The number of aromatic nitrogens is 2. The Labute approximate surface area is 213 Å². The van der Waals surface area contributed by atoms with Gasteiger partial charge < -0.3 is 5.32 Å². The molecule has 3 aromatic rings. The van der Waals surface area contributed by atoms with Crippen LogP contribution in [0.4, 0.5) is 5.82 Å². The summed E-state index contributed by atoms with van der Waals surface area (Å²) in [5.74, 6) is 1.68. The van der Waals surface area contributed by atoms with Crippen molar-refractivity contribution in [3.63, 3.8) is 0 Å². The highest BCUT2D eigenvalue weighted by Crippen LogP contribution is 2.24. The lowest BCUT2D eigenvalue weighted by molar-refractivity contribution is 0.537. The lowest BCUT2D eigenvalue weighted by Gasteiger charge is -2.11. The summed E-state index contributed by atoms with van der Waals surface area (Å²) in [6, 6.07) is 22.7.